The third-order valence-electron chi connectivity index (χ3n) is 2.59. The van der Waals surface area contributed by atoms with Crippen molar-refractivity contribution >= 4 is 5.97 Å². The normalized spacial score (nSPS) is 27.6. The number of hydrogen-bond donors (Lipinski definition) is 2. The zero-order valence-corrected chi connectivity index (χ0v) is 7.55. The van der Waals surface area contributed by atoms with E-state index in [1.54, 1.807) is 6.92 Å². The lowest BCUT2D eigenvalue weighted by Crippen LogP contribution is -2.37. The molecule has 0 bridgehead atoms. The first-order valence-electron chi connectivity index (χ1n) is 4.68. The van der Waals surface area contributed by atoms with Crippen molar-refractivity contribution in [3.05, 3.63) is 0 Å². The molecule has 3 heteroatoms. The second kappa shape index (κ2) is 4.45. The molecule has 1 fully saturated rings. The van der Waals surface area contributed by atoms with Crippen molar-refractivity contribution in [1.82, 2.24) is 5.32 Å². The molecule has 0 radical (unpaired) electrons. The molecule has 1 saturated heterocycles. The van der Waals surface area contributed by atoms with Crippen LogP contribution >= 0.6 is 0 Å². The molecular formula is C9H17NO2. The van der Waals surface area contributed by atoms with Gasteiger partial charge in [0.15, 0.2) is 0 Å². The largest absolute Gasteiger partial charge is 0.481 e. The molecular weight excluding hydrogens is 154 g/mol. The number of rotatable bonds is 2. The van der Waals surface area contributed by atoms with Crippen LogP contribution in [0.3, 0.4) is 0 Å². The van der Waals surface area contributed by atoms with Gasteiger partial charge in [-0.15, -0.1) is 0 Å². The van der Waals surface area contributed by atoms with Gasteiger partial charge in [0.2, 0.25) is 0 Å². The predicted molar refractivity (Wildman–Crippen MR) is 47.1 cm³/mol. The highest BCUT2D eigenvalue weighted by atomic mass is 16.4. The van der Waals surface area contributed by atoms with Crippen LogP contribution in [0, 0.1) is 5.92 Å². The Kier molecular flexibility index (Phi) is 3.53. The molecule has 70 valence electrons. The number of carboxylic acid groups (broad SMARTS) is 1. The number of nitrogens with one attached hydrogen (secondary N) is 1. The Morgan fingerprint density at radius 3 is 2.92 bits per heavy atom. The van der Waals surface area contributed by atoms with Gasteiger partial charge in [-0.2, -0.15) is 0 Å². The summed E-state index contributed by atoms with van der Waals surface area (Å²) in [6, 6.07) is 0.185. The summed E-state index contributed by atoms with van der Waals surface area (Å²) in [5.74, 6) is -0.933. The second-order valence-corrected chi connectivity index (χ2v) is 3.54. The predicted octanol–water partition coefficient (Wildman–Crippen LogP) is 1.24. The van der Waals surface area contributed by atoms with Crippen molar-refractivity contribution in [3.63, 3.8) is 0 Å². The average molecular weight is 171 g/mol. The van der Waals surface area contributed by atoms with Gasteiger partial charge in [-0.3, -0.25) is 4.79 Å². The summed E-state index contributed by atoms with van der Waals surface area (Å²) < 4.78 is 0. The van der Waals surface area contributed by atoms with Gasteiger partial charge in [-0.05, 0) is 19.4 Å². The summed E-state index contributed by atoms with van der Waals surface area (Å²) in [5, 5.41) is 12.1. The van der Waals surface area contributed by atoms with Gasteiger partial charge in [-0.1, -0.05) is 19.8 Å². The van der Waals surface area contributed by atoms with Crippen LogP contribution in [0.5, 0.6) is 0 Å². The molecule has 0 saturated carbocycles. The SMILES string of the molecule is C[C@@H](C(=O)O)[C@@H]1CCCCCN1. The van der Waals surface area contributed by atoms with E-state index in [0.717, 1.165) is 19.4 Å². The summed E-state index contributed by atoms with van der Waals surface area (Å²) in [4.78, 5) is 10.7. The Bertz CT molecular complexity index is 151. The number of hydrogen-bond acceptors (Lipinski definition) is 2. The quantitative estimate of drug-likeness (QED) is 0.657. The van der Waals surface area contributed by atoms with Crippen molar-refractivity contribution in [2.75, 3.05) is 6.54 Å². The summed E-state index contributed by atoms with van der Waals surface area (Å²) in [7, 11) is 0. The molecule has 0 spiro atoms. The molecule has 0 amide bonds. The van der Waals surface area contributed by atoms with Gasteiger partial charge in [0.05, 0.1) is 5.92 Å². The molecule has 0 aromatic rings. The van der Waals surface area contributed by atoms with Crippen LogP contribution in [-0.4, -0.2) is 23.7 Å². The summed E-state index contributed by atoms with van der Waals surface area (Å²) in [6.07, 6.45) is 4.58. The van der Waals surface area contributed by atoms with Crippen LogP contribution in [0.1, 0.15) is 32.6 Å². The maximum atomic E-state index is 10.7. The smallest absolute Gasteiger partial charge is 0.307 e. The molecule has 0 aliphatic carbocycles. The zero-order chi connectivity index (χ0) is 8.97. The fourth-order valence-corrected chi connectivity index (χ4v) is 1.65. The van der Waals surface area contributed by atoms with E-state index in [-0.39, 0.29) is 12.0 Å². The highest BCUT2D eigenvalue weighted by Gasteiger charge is 2.23. The Balaban J connectivity index is 2.42. The van der Waals surface area contributed by atoms with Gasteiger partial charge in [0, 0.05) is 6.04 Å². The lowest BCUT2D eigenvalue weighted by molar-refractivity contribution is -0.142. The number of carbonyl (C=O) groups is 1. The third-order valence-corrected chi connectivity index (χ3v) is 2.59. The van der Waals surface area contributed by atoms with E-state index in [1.807, 2.05) is 0 Å². The molecule has 0 aromatic carbocycles. The third kappa shape index (κ3) is 2.48. The molecule has 1 rings (SSSR count). The summed E-state index contributed by atoms with van der Waals surface area (Å²) in [5.41, 5.74) is 0. The molecule has 12 heavy (non-hydrogen) atoms. The van der Waals surface area contributed by atoms with Crippen molar-refractivity contribution in [3.8, 4) is 0 Å². The van der Waals surface area contributed by atoms with E-state index >= 15 is 0 Å². The first kappa shape index (κ1) is 9.52. The van der Waals surface area contributed by atoms with Crippen LogP contribution in [0.25, 0.3) is 0 Å². The Hall–Kier alpha value is -0.570. The molecule has 0 aromatic heterocycles. The molecule has 1 heterocycles. The summed E-state index contributed by atoms with van der Waals surface area (Å²) >= 11 is 0. The highest BCUT2D eigenvalue weighted by molar-refractivity contribution is 5.70. The van der Waals surface area contributed by atoms with E-state index in [1.165, 1.54) is 12.8 Å². The average Bonchev–Trinajstić information content (AvgIpc) is 2.30. The van der Waals surface area contributed by atoms with Gasteiger partial charge in [0.25, 0.3) is 0 Å². The van der Waals surface area contributed by atoms with Crippen molar-refractivity contribution in [1.29, 1.82) is 0 Å². The monoisotopic (exact) mass is 171 g/mol. The minimum atomic E-state index is -0.686. The first-order valence-corrected chi connectivity index (χ1v) is 4.68. The summed E-state index contributed by atoms with van der Waals surface area (Å²) in [6.45, 7) is 2.76. The van der Waals surface area contributed by atoms with Crippen LogP contribution in [0.2, 0.25) is 0 Å². The van der Waals surface area contributed by atoms with Crippen molar-refractivity contribution in [2.45, 2.75) is 38.6 Å². The maximum Gasteiger partial charge on any atom is 0.307 e. The molecule has 1 aliphatic rings. The molecule has 2 N–H and O–H groups in total. The zero-order valence-electron chi connectivity index (χ0n) is 7.55. The minimum absolute atomic E-state index is 0.185. The molecule has 2 atom stereocenters. The lowest BCUT2D eigenvalue weighted by Gasteiger charge is -2.19. The lowest BCUT2D eigenvalue weighted by atomic mass is 9.98. The Morgan fingerprint density at radius 1 is 1.50 bits per heavy atom. The van der Waals surface area contributed by atoms with Crippen LogP contribution in [0.15, 0.2) is 0 Å². The number of carboxylic acids is 1. The molecule has 3 nitrogen and oxygen atoms in total. The second-order valence-electron chi connectivity index (χ2n) is 3.54. The van der Waals surface area contributed by atoms with Crippen LogP contribution in [0.4, 0.5) is 0 Å². The van der Waals surface area contributed by atoms with Gasteiger partial charge >= 0.3 is 5.97 Å². The van der Waals surface area contributed by atoms with E-state index in [0.29, 0.717) is 0 Å². The van der Waals surface area contributed by atoms with Crippen LogP contribution < -0.4 is 5.32 Å². The topological polar surface area (TPSA) is 49.3 Å². The molecule has 1 aliphatic heterocycles. The van der Waals surface area contributed by atoms with E-state index in [2.05, 4.69) is 5.32 Å². The van der Waals surface area contributed by atoms with Gasteiger partial charge in [-0.25, -0.2) is 0 Å². The van der Waals surface area contributed by atoms with Crippen molar-refractivity contribution in [2.24, 2.45) is 5.92 Å². The Morgan fingerprint density at radius 2 is 2.25 bits per heavy atom. The van der Waals surface area contributed by atoms with E-state index < -0.39 is 5.97 Å². The fraction of sp³-hybridized carbons (Fsp3) is 0.889. The standard InChI is InChI=1S/C9H17NO2/c1-7(9(11)12)8-5-3-2-4-6-10-8/h7-8,10H,2-6H2,1H3,(H,11,12)/t7-,8+/m1/s1. The first-order chi connectivity index (χ1) is 5.72. The van der Waals surface area contributed by atoms with Gasteiger partial charge < -0.3 is 10.4 Å². The number of aliphatic carboxylic acids is 1. The maximum absolute atomic E-state index is 10.7. The van der Waals surface area contributed by atoms with Crippen LogP contribution in [-0.2, 0) is 4.79 Å². The highest BCUT2D eigenvalue weighted by Crippen LogP contribution is 2.15. The molecule has 0 unspecified atom stereocenters. The van der Waals surface area contributed by atoms with E-state index in [9.17, 15) is 4.79 Å². The van der Waals surface area contributed by atoms with Gasteiger partial charge in [0.1, 0.15) is 0 Å². The minimum Gasteiger partial charge on any atom is -0.481 e. The Labute approximate surface area is 73.2 Å². The van der Waals surface area contributed by atoms with E-state index in [4.69, 9.17) is 5.11 Å². The fourth-order valence-electron chi connectivity index (χ4n) is 1.65. The van der Waals surface area contributed by atoms with Crippen molar-refractivity contribution < 1.29 is 9.90 Å².